The molecule has 0 atom stereocenters. The van der Waals surface area contributed by atoms with Gasteiger partial charge in [0.1, 0.15) is 0 Å². The van der Waals surface area contributed by atoms with Crippen LogP contribution in [-0.2, 0) is 27.8 Å². The van der Waals surface area contributed by atoms with Gasteiger partial charge in [0, 0.05) is 12.6 Å². The number of amides is 1. The Morgan fingerprint density at radius 2 is 1.83 bits per heavy atom. The van der Waals surface area contributed by atoms with Crippen molar-refractivity contribution in [1.82, 2.24) is 0 Å². The highest BCUT2D eigenvalue weighted by atomic mass is 32.2. The Hall–Kier alpha value is -1.40. The highest BCUT2D eigenvalue weighted by molar-refractivity contribution is 7.85. The average molecular weight is 269 g/mol. The molecule has 1 aliphatic carbocycles. The fourth-order valence-electron chi connectivity index (χ4n) is 2.38. The Labute approximate surface area is 106 Å². The molecule has 6 heteroatoms. The van der Waals surface area contributed by atoms with E-state index in [-0.39, 0.29) is 10.8 Å². The summed E-state index contributed by atoms with van der Waals surface area (Å²) in [6.07, 6.45) is 3.17. The highest BCUT2D eigenvalue weighted by Gasteiger charge is 2.23. The van der Waals surface area contributed by atoms with E-state index in [0.29, 0.717) is 24.1 Å². The summed E-state index contributed by atoms with van der Waals surface area (Å²) in [5, 5.41) is 2.70. The lowest BCUT2D eigenvalue weighted by atomic mass is 9.90. The van der Waals surface area contributed by atoms with Crippen molar-refractivity contribution in [2.45, 2.75) is 37.5 Å². The summed E-state index contributed by atoms with van der Waals surface area (Å²) in [4.78, 5) is 11.1. The predicted octanol–water partition coefficient (Wildman–Crippen LogP) is 1.77. The molecule has 0 saturated heterocycles. The average Bonchev–Trinajstić information content (AvgIpc) is 2.27. The number of carbonyl (C=O) groups excluding carboxylic acids is 1. The number of anilines is 1. The van der Waals surface area contributed by atoms with E-state index < -0.39 is 10.1 Å². The second-order valence-electron chi connectivity index (χ2n) is 4.43. The Bertz CT molecular complexity index is 592. The summed E-state index contributed by atoms with van der Waals surface area (Å²) < 4.78 is 31.8. The number of nitrogens with one attached hydrogen (secondary N) is 1. The molecule has 0 aromatic heterocycles. The predicted molar refractivity (Wildman–Crippen MR) is 67.2 cm³/mol. The van der Waals surface area contributed by atoms with Crippen LogP contribution in [0.5, 0.6) is 0 Å². The van der Waals surface area contributed by atoms with Crippen LogP contribution in [0.2, 0.25) is 0 Å². The van der Waals surface area contributed by atoms with Gasteiger partial charge in [-0.05, 0) is 48.9 Å². The molecule has 0 fully saturated rings. The Kier molecular flexibility index (Phi) is 3.41. The molecule has 0 spiro atoms. The van der Waals surface area contributed by atoms with Crippen molar-refractivity contribution in [2.75, 3.05) is 5.32 Å². The van der Waals surface area contributed by atoms with Crippen LogP contribution in [0.1, 0.15) is 30.9 Å². The molecule has 1 aromatic carbocycles. The van der Waals surface area contributed by atoms with Crippen LogP contribution >= 0.6 is 0 Å². The minimum atomic E-state index is -4.20. The van der Waals surface area contributed by atoms with Gasteiger partial charge < -0.3 is 5.32 Å². The van der Waals surface area contributed by atoms with Crippen molar-refractivity contribution in [3.05, 3.63) is 23.3 Å². The van der Waals surface area contributed by atoms with Crippen LogP contribution in [0.3, 0.4) is 0 Å². The van der Waals surface area contributed by atoms with Crippen LogP contribution in [-0.4, -0.2) is 18.9 Å². The molecule has 18 heavy (non-hydrogen) atoms. The summed E-state index contributed by atoms with van der Waals surface area (Å²) in [6, 6.07) is 2.89. The summed E-state index contributed by atoms with van der Waals surface area (Å²) in [5.41, 5.74) is 2.10. The van der Waals surface area contributed by atoms with Crippen LogP contribution in [0, 0.1) is 0 Å². The lowest BCUT2D eigenvalue weighted by Crippen LogP contribution is -2.15. The Morgan fingerprint density at radius 1 is 1.22 bits per heavy atom. The third-order valence-corrected chi connectivity index (χ3v) is 4.02. The van der Waals surface area contributed by atoms with Gasteiger partial charge in [-0.25, -0.2) is 0 Å². The van der Waals surface area contributed by atoms with E-state index in [1.807, 2.05) is 0 Å². The van der Waals surface area contributed by atoms with Gasteiger partial charge in [-0.15, -0.1) is 0 Å². The van der Waals surface area contributed by atoms with E-state index in [1.54, 1.807) is 0 Å². The van der Waals surface area contributed by atoms with Gasteiger partial charge in [-0.3, -0.25) is 9.35 Å². The first-order chi connectivity index (χ1) is 8.39. The van der Waals surface area contributed by atoms with Gasteiger partial charge >= 0.3 is 0 Å². The first-order valence-electron chi connectivity index (χ1n) is 5.79. The smallest absolute Gasteiger partial charge is 0.294 e. The van der Waals surface area contributed by atoms with E-state index in [9.17, 15) is 17.8 Å². The lowest BCUT2D eigenvalue weighted by molar-refractivity contribution is -0.114. The van der Waals surface area contributed by atoms with E-state index in [1.165, 1.54) is 19.1 Å². The largest absolute Gasteiger partial charge is 0.326 e. The summed E-state index contributed by atoms with van der Waals surface area (Å²) in [6.45, 7) is 1.41. The molecule has 5 nitrogen and oxygen atoms in total. The zero-order valence-corrected chi connectivity index (χ0v) is 10.9. The first-order valence-corrected chi connectivity index (χ1v) is 7.23. The molecule has 1 aromatic rings. The summed E-state index contributed by atoms with van der Waals surface area (Å²) >= 11 is 0. The molecule has 0 saturated carbocycles. The standard InChI is InChI=1S/C12H15NO4S/c1-8(14)13-11-6-7-12(18(15,16)17)10-5-3-2-4-9(10)11/h6-7H,2-5H2,1H3,(H,13,14)(H,15,16,17). The zero-order valence-electron chi connectivity index (χ0n) is 10.1. The third-order valence-electron chi connectivity index (χ3n) is 3.08. The molecule has 2 N–H and O–H groups in total. The number of carbonyl (C=O) groups is 1. The minimum absolute atomic E-state index is 0.0358. The molecular weight excluding hydrogens is 254 g/mol. The SMILES string of the molecule is CC(=O)Nc1ccc(S(=O)(=O)O)c2c1CCCC2. The molecule has 0 bridgehead atoms. The first kappa shape index (κ1) is 13.0. The van der Waals surface area contributed by atoms with E-state index in [4.69, 9.17) is 0 Å². The summed E-state index contributed by atoms with van der Waals surface area (Å²) in [5.74, 6) is -0.192. The second-order valence-corrected chi connectivity index (χ2v) is 5.82. The van der Waals surface area contributed by atoms with Gasteiger partial charge in [0.15, 0.2) is 0 Å². The molecule has 0 heterocycles. The van der Waals surface area contributed by atoms with Gasteiger partial charge in [-0.1, -0.05) is 0 Å². The number of benzene rings is 1. The van der Waals surface area contributed by atoms with Crippen molar-refractivity contribution >= 4 is 21.7 Å². The second kappa shape index (κ2) is 4.70. The fraction of sp³-hybridized carbons (Fsp3) is 0.417. The normalized spacial score (nSPS) is 15.0. The fourth-order valence-corrected chi connectivity index (χ4v) is 3.16. The summed E-state index contributed by atoms with van der Waals surface area (Å²) in [7, 11) is -4.20. The molecule has 0 aliphatic heterocycles. The van der Waals surface area contributed by atoms with Crippen molar-refractivity contribution in [3.8, 4) is 0 Å². The number of fused-ring (bicyclic) bond motifs is 1. The van der Waals surface area contributed by atoms with Crippen molar-refractivity contribution in [1.29, 1.82) is 0 Å². The minimum Gasteiger partial charge on any atom is -0.326 e. The molecule has 1 aliphatic rings. The van der Waals surface area contributed by atoms with Crippen molar-refractivity contribution in [2.24, 2.45) is 0 Å². The maximum Gasteiger partial charge on any atom is 0.294 e. The lowest BCUT2D eigenvalue weighted by Gasteiger charge is -2.21. The monoisotopic (exact) mass is 269 g/mol. The molecule has 2 rings (SSSR count). The third kappa shape index (κ3) is 2.54. The molecular formula is C12H15NO4S. The number of rotatable bonds is 2. The molecule has 0 radical (unpaired) electrons. The maximum atomic E-state index is 11.3. The van der Waals surface area contributed by atoms with Gasteiger partial charge in [0.05, 0.1) is 4.90 Å². The molecule has 98 valence electrons. The van der Waals surface area contributed by atoms with Crippen molar-refractivity contribution in [3.63, 3.8) is 0 Å². The van der Waals surface area contributed by atoms with Crippen LogP contribution in [0.4, 0.5) is 5.69 Å². The maximum absolute atomic E-state index is 11.3. The quantitative estimate of drug-likeness (QED) is 0.801. The van der Waals surface area contributed by atoms with Gasteiger partial charge in [-0.2, -0.15) is 8.42 Å². The van der Waals surface area contributed by atoms with E-state index >= 15 is 0 Å². The number of hydrogen-bond donors (Lipinski definition) is 2. The topological polar surface area (TPSA) is 83.5 Å². The van der Waals surface area contributed by atoms with Gasteiger partial charge in [0.25, 0.3) is 10.1 Å². The van der Waals surface area contributed by atoms with E-state index in [2.05, 4.69) is 5.32 Å². The van der Waals surface area contributed by atoms with E-state index in [0.717, 1.165) is 18.4 Å². The Balaban J connectivity index is 2.59. The van der Waals surface area contributed by atoms with Crippen LogP contribution < -0.4 is 5.32 Å². The zero-order chi connectivity index (χ0) is 13.3. The van der Waals surface area contributed by atoms with Crippen molar-refractivity contribution < 1.29 is 17.8 Å². The van der Waals surface area contributed by atoms with Crippen LogP contribution in [0.25, 0.3) is 0 Å². The Morgan fingerprint density at radius 3 is 2.39 bits per heavy atom. The highest BCUT2D eigenvalue weighted by Crippen LogP contribution is 2.32. The molecule has 0 unspecified atom stereocenters. The number of hydrogen-bond acceptors (Lipinski definition) is 3. The van der Waals surface area contributed by atoms with Crippen LogP contribution in [0.15, 0.2) is 17.0 Å². The van der Waals surface area contributed by atoms with Gasteiger partial charge in [0.2, 0.25) is 5.91 Å². The molecule has 1 amide bonds.